The van der Waals surface area contributed by atoms with Crippen LogP contribution in [-0.2, 0) is 0 Å². The summed E-state index contributed by atoms with van der Waals surface area (Å²) in [7, 11) is 2.00. The molecule has 2 nitrogen and oxygen atoms in total. The summed E-state index contributed by atoms with van der Waals surface area (Å²) in [6.45, 7) is 5.04. The summed E-state index contributed by atoms with van der Waals surface area (Å²) in [6, 6.07) is 10.7. The van der Waals surface area contributed by atoms with Gasteiger partial charge in [-0.25, -0.2) is 0 Å². The van der Waals surface area contributed by atoms with Crippen LogP contribution in [0.2, 0.25) is 0 Å². The van der Waals surface area contributed by atoms with Gasteiger partial charge >= 0.3 is 0 Å². The van der Waals surface area contributed by atoms with Crippen LogP contribution in [0.3, 0.4) is 0 Å². The van der Waals surface area contributed by atoms with Gasteiger partial charge in [0.2, 0.25) is 0 Å². The number of aryl methyl sites for hydroxylation is 1. The van der Waals surface area contributed by atoms with Crippen LogP contribution in [0, 0.1) is 6.92 Å². The first-order valence-corrected chi connectivity index (χ1v) is 8.42. The molecule has 1 heterocycles. The summed E-state index contributed by atoms with van der Waals surface area (Å²) >= 11 is 5.34. The Labute approximate surface area is 133 Å². The first-order chi connectivity index (χ1) is 9.65. The molecule has 108 valence electrons. The molecule has 1 atom stereocenters. The third-order valence-corrected chi connectivity index (χ3v) is 4.76. The highest BCUT2D eigenvalue weighted by Crippen LogP contribution is 2.34. The summed E-state index contributed by atoms with van der Waals surface area (Å²) < 4.78 is 6.90. The minimum Gasteiger partial charge on any atom is -0.494 e. The molecule has 0 fully saturated rings. The van der Waals surface area contributed by atoms with Crippen LogP contribution in [0.4, 0.5) is 0 Å². The summed E-state index contributed by atoms with van der Waals surface area (Å²) in [4.78, 5) is 1.33. The first kappa shape index (κ1) is 15.5. The minimum absolute atomic E-state index is 0.197. The van der Waals surface area contributed by atoms with Crippen LogP contribution in [0.25, 0.3) is 0 Å². The van der Waals surface area contributed by atoms with Crippen molar-refractivity contribution in [3.63, 3.8) is 0 Å². The van der Waals surface area contributed by atoms with Gasteiger partial charge in [0.05, 0.1) is 16.4 Å². The standard InChI is InChI=1S/C16H20BrNOS/c1-4-8-19-13-7-5-6-12(9-13)16(18-3)14-10-15(17)20-11(14)2/h5-7,9-10,16,18H,4,8H2,1-3H3. The molecule has 0 saturated carbocycles. The fraction of sp³-hybridized carbons (Fsp3) is 0.375. The van der Waals surface area contributed by atoms with Crippen molar-refractivity contribution in [3.05, 3.63) is 50.1 Å². The zero-order valence-corrected chi connectivity index (χ0v) is 14.5. The molecule has 0 spiro atoms. The number of nitrogens with one attached hydrogen (secondary N) is 1. The van der Waals surface area contributed by atoms with E-state index in [4.69, 9.17) is 4.74 Å². The third-order valence-electron chi connectivity index (χ3n) is 3.19. The number of rotatable bonds is 6. The number of hydrogen-bond acceptors (Lipinski definition) is 3. The molecule has 0 aliphatic heterocycles. The van der Waals surface area contributed by atoms with Crippen LogP contribution in [0.5, 0.6) is 5.75 Å². The average molecular weight is 354 g/mol. The molecule has 0 radical (unpaired) electrons. The monoisotopic (exact) mass is 353 g/mol. The van der Waals surface area contributed by atoms with E-state index in [0.29, 0.717) is 0 Å². The molecule has 0 aliphatic rings. The van der Waals surface area contributed by atoms with Gasteiger partial charge in [-0.05, 0) is 65.6 Å². The van der Waals surface area contributed by atoms with Crippen LogP contribution in [0.1, 0.15) is 35.4 Å². The second-order valence-corrected chi connectivity index (χ2v) is 7.34. The van der Waals surface area contributed by atoms with Gasteiger partial charge in [0.15, 0.2) is 0 Å². The average Bonchev–Trinajstić information content (AvgIpc) is 2.77. The molecular formula is C16H20BrNOS. The van der Waals surface area contributed by atoms with E-state index in [-0.39, 0.29) is 6.04 Å². The van der Waals surface area contributed by atoms with Crippen molar-refractivity contribution in [1.82, 2.24) is 5.32 Å². The topological polar surface area (TPSA) is 21.3 Å². The van der Waals surface area contributed by atoms with Crippen LogP contribution in [0.15, 0.2) is 34.1 Å². The summed E-state index contributed by atoms with van der Waals surface area (Å²) in [5, 5.41) is 3.40. The first-order valence-electron chi connectivity index (χ1n) is 6.81. The lowest BCUT2D eigenvalue weighted by atomic mass is 9.99. The fourth-order valence-corrected chi connectivity index (χ4v) is 4.00. The zero-order valence-electron chi connectivity index (χ0n) is 12.1. The molecule has 0 amide bonds. The molecule has 20 heavy (non-hydrogen) atoms. The van der Waals surface area contributed by atoms with Gasteiger partial charge < -0.3 is 10.1 Å². The second kappa shape index (κ2) is 7.25. The Morgan fingerprint density at radius 3 is 2.75 bits per heavy atom. The van der Waals surface area contributed by atoms with Crippen molar-refractivity contribution in [3.8, 4) is 5.75 Å². The van der Waals surface area contributed by atoms with E-state index in [2.05, 4.69) is 59.4 Å². The molecule has 4 heteroatoms. The summed E-state index contributed by atoms with van der Waals surface area (Å²) in [5.41, 5.74) is 2.55. The second-order valence-electron chi connectivity index (χ2n) is 4.70. The Kier molecular flexibility index (Phi) is 5.64. The van der Waals surface area contributed by atoms with E-state index in [1.165, 1.54) is 19.8 Å². The predicted molar refractivity (Wildman–Crippen MR) is 89.9 cm³/mol. The Morgan fingerprint density at radius 1 is 1.35 bits per heavy atom. The van der Waals surface area contributed by atoms with Crippen molar-refractivity contribution in [2.45, 2.75) is 26.3 Å². The highest BCUT2D eigenvalue weighted by molar-refractivity contribution is 9.11. The lowest BCUT2D eigenvalue weighted by Gasteiger charge is -2.18. The molecule has 1 unspecified atom stereocenters. The maximum Gasteiger partial charge on any atom is 0.119 e. The Morgan fingerprint density at radius 2 is 2.15 bits per heavy atom. The maximum atomic E-state index is 5.73. The summed E-state index contributed by atoms with van der Waals surface area (Å²) in [5.74, 6) is 0.941. The predicted octanol–water partition coefficient (Wildman–Crippen LogP) is 4.92. The lowest BCUT2D eigenvalue weighted by Crippen LogP contribution is -2.17. The van der Waals surface area contributed by atoms with Crippen molar-refractivity contribution < 1.29 is 4.74 Å². The molecule has 0 saturated heterocycles. The van der Waals surface area contributed by atoms with Gasteiger partial charge in [-0.1, -0.05) is 19.1 Å². The quantitative estimate of drug-likeness (QED) is 0.795. The van der Waals surface area contributed by atoms with Gasteiger partial charge in [-0.15, -0.1) is 11.3 Å². The molecule has 1 N–H and O–H groups in total. The van der Waals surface area contributed by atoms with E-state index < -0.39 is 0 Å². The molecule has 0 bridgehead atoms. The van der Waals surface area contributed by atoms with E-state index in [0.717, 1.165) is 18.8 Å². The normalized spacial score (nSPS) is 12.4. The van der Waals surface area contributed by atoms with Crippen molar-refractivity contribution in [1.29, 1.82) is 0 Å². The molecule has 1 aromatic carbocycles. The number of benzene rings is 1. The Bertz CT molecular complexity index is 567. The maximum absolute atomic E-state index is 5.73. The van der Waals surface area contributed by atoms with E-state index in [1.54, 1.807) is 11.3 Å². The zero-order chi connectivity index (χ0) is 14.5. The smallest absolute Gasteiger partial charge is 0.119 e. The molecular weight excluding hydrogens is 334 g/mol. The van der Waals surface area contributed by atoms with Gasteiger partial charge in [0.1, 0.15) is 5.75 Å². The number of halogens is 1. The number of ether oxygens (including phenoxy) is 1. The van der Waals surface area contributed by atoms with Crippen LogP contribution >= 0.6 is 27.3 Å². The molecule has 2 aromatic rings. The summed E-state index contributed by atoms with van der Waals surface area (Å²) in [6.07, 6.45) is 1.02. The largest absolute Gasteiger partial charge is 0.494 e. The van der Waals surface area contributed by atoms with Crippen molar-refractivity contribution >= 4 is 27.3 Å². The van der Waals surface area contributed by atoms with Crippen LogP contribution in [-0.4, -0.2) is 13.7 Å². The highest BCUT2D eigenvalue weighted by Gasteiger charge is 2.17. The van der Waals surface area contributed by atoms with Gasteiger partial charge in [0, 0.05) is 4.88 Å². The molecule has 1 aromatic heterocycles. The molecule has 0 aliphatic carbocycles. The molecule has 2 rings (SSSR count). The van der Waals surface area contributed by atoms with E-state index in [1.807, 2.05) is 13.1 Å². The van der Waals surface area contributed by atoms with Crippen molar-refractivity contribution in [2.75, 3.05) is 13.7 Å². The van der Waals surface area contributed by atoms with E-state index in [9.17, 15) is 0 Å². The van der Waals surface area contributed by atoms with Gasteiger partial charge in [-0.2, -0.15) is 0 Å². The van der Waals surface area contributed by atoms with Crippen LogP contribution < -0.4 is 10.1 Å². The Balaban J connectivity index is 2.29. The number of hydrogen-bond donors (Lipinski definition) is 1. The highest BCUT2D eigenvalue weighted by atomic mass is 79.9. The van der Waals surface area contributed by atoms with E-state index >= 15 is 0 Å². The van der Waals surface area contributed by atoms with Gasteiger partial charge in [-0.3, -0.25) is 0 Å². The fourth-order valence-electron chi connectivity index (χ4n) is 2.25. The third kappa shape index (κ3) is 3.62. The van der Waals surface area contributed by atoms with Crippen molar-refractivity contribution in [2.24, 2.45) is 0 Å². The minimum atomic E-state index is 0.197. The SMILES string of the molecule is CCCOc1cccc(C(NC)c2cc(Br)sc2C)c1. The van der Waals surface area contributed by atoms with Gasteiger partial charge in [0.25, 0.3) is 0 Å². The Hall–Kier alpha value is -0.840. The lowest BCUT2D eigenvalue weighted by molar-refractivity contribution is 0.317. The number of thiophene rings is 1.